The van der Waals surface area contributed by atoms with E-state index in [0.29, 0.717) is 17.1 Å². The maximum atomic E-state index is 12.3. The van der Waals surface area contributed by atoms with Crippen molar-refractivity contribution in [3.63, 3.8) is 0 Å². The molecule has 1 aromatic rings. The molecule has 0 aromatic heterocycles. The Kier molecular flexibility index (Phi) is 5.56. The minimum absolute atomic E-state index is 0.436. The minimum Gasteiger partial charge on any atom is -0.510 e. The van der Waals surface area contributed by atoms with Gasteiger partial charge in [-0.3, -0.25) is 14.4 Å². The van der Waals surface area contributed by atoms with Crippen molar-refractivity contribution < 1.29 is 38.5 Å². The Morgan fingerprint density at radius 2 is 1.81 bits per heavy atom. The highest BCUT2D eigenvalue weighted by molar-refractivity contribution is 6.24. The Bertz CT molecular complexity index is 847. The number of esters is 2. The largest absolute Gasteiger partial charge is 0.510 e. The van der Waals surface area contributed by atoms with Gasteiger partial charge in [-0.1, -0.05) is 12.1 Å². The Hall–Kier alpha value is -3.42. The summed E-state index contributed by atoms with van der Waals surface area (Å²) in [5.41, 5.74) is -0.144. The number of ether oxygens (including phenoxy) is 3. The third-order valence-electron chi connectivity index (χ3n) is 3.65. The lowest BCUT2D eigenvalue weighted by atomic mass is 9.93. The fourth-order valence-electron chi connectivity index (χ4n) is 2.37. The molecule has 0 spiro atoms. The van der Waals surface area contributed by atoms with Crippen LogP contribution in [0.1, 0.15) is 12.5 Å². The van der Waals surface area contributed by atoms with Crippen LogP contribution >= 0.6 is 0 Å². The van der Waals surface area contributed by atoms with E-state index in [1.165, 1.54) is 20.3 Å². The van der Waals surface area contributed by atoms with Gasteiger partial charge in [-0.2, -0.15) is 0 Å². The number of aliphatic hydroxyl groups excluding tert-OH is 1. The first-order valence-electron chi connectivity index (χ1n) is 7.44. The van der Waals surface area contributed by atoms with Gasteiger partial charge in [0.1, 0.15) is 11.3 Å². The summed E-state index contributed by atoms with van der Waals surface area (Å²) in [5, 5.41) is 10.0. The van der Waals surface area contributed by atoms with E-state index in [4.69, 9.17) is 9.47 Å². The smallest absolute Gasteiger partial charge is 0.352 e. The molecule has 1 atom stereocenters. The average molecular weight is 360 g/mol. The van der Waals surface area contributed by atoms with Crippen LogP contribution in [-0.2, 0) is 23.9 Å². The molecule has 0 fully saturated rings. The Morgan fingerprint density at radius 1 is 1.15 bits per heavy atom. The molecule has 0 amide bonds. The molecule has 1 unspecified atom stereocenters. The van der Waals surface area contributed by atoms with Crippen LogP contribution in [0.2, 0.25) is 0 Å². The number of carbonyl (C=O) groups excluding carboxylic acids is 4. The molecule has 0 aliphatic carbocycles. The highest BCUT2D eigenvalue weighted by Crippen LogP contribution is 2.28. The lowest BCUT2D eigenvalue weighted by molar-refractivity contribution is -0.162. The molecular weight excluding hydrogens is 344 g/mol. The first-order chi connectivity index (χ1) is 12.3. The van der Waals surface area contributed by atoms with Crippen molar-refractivity contribution in [1.29, 1.82) is 0 Å². The van der Waals surface area contributed by atoms with Gasteiger partial charge in [-0.05, 0) is 30.7 Å². The molecule has 1 aliphatic rings. The van der Waals surface area contributed by atoms with Crippen molar-refractivity contribution >= 4 is 29.6 Å². The van der Waals surface area contributed by atoms with Crippen LogP contribution in [0.25, 0.3) is 6.08 Å². The summed E-state index contributed by atoms with van der Waals surface area (Å²) >= 11 is 0. The summed E-state index contributed by atoms with van der Waals surface area (Å²) in [5.74, 6) is -5.88. The van der Waals surface area contributed by atoms with E-state index < -0.39 is 40.8 Å². The Morgan fingerprint density at radius 3 is 2.38 bits per heavy atom. The maximum absolute atomic E-state index is 12.3. The first-order valence-corrected chi connectivity index (χ1v) is 7.44. The number of carbonyl (C=O) groups is 4. The Labute approximate surface area is 148 Å². The molecule has 0 radical (unpaired) electrons. The molecular formula is C18H16O8. The van der Waals surface area contributed by atoms with Gasteiger partial charge in [-0.25, -0.2) is 4.79 Å². The quantitative estimate of drug-likeness (QED) is 0.350. The van der Waals surface area contributed by atoms with Gasteiger partial charge in [0.15, 0.2) is 29.0 Å². The summed E-state index contributed by atoms with van der Waals surface area (Å²) in [6.07, 6.45) is 2.42. The van der Waals surface area contributed by atoms with Crippen LogP contribution in [0.3, 0.4) is 0 Å². The number of methoxy groups -OCH3 is 2. The maximum Gasteiger partial charge on any atom is 0.352 e. The monoisotopic (exact) mass is 360 g/mol. The lowest BCUT2D eigenvalue weighted by Crippen LogP contribution is -2.37. The molecule has 0 saturated heterocycles. The molecule has 1 N–H and O–H groups in total. The van der Waals surface area contributed by atoms with Crippen molar-refractivity contribution in [2.24, 2.45) is 5.92 Å². The summed E-state index contributed by atoms with van der Waals surface area (Å²) in [6.45, 7) is 1.02. The van der Waals surface area contributed by atoms with Gasteiger partial charge in [0.2, 0.25) is 0 Å². The van der Waals surface area contributed by atoms with Crippen LogP contribution in [0, 0.1) is 5.92 Å². The molecule has 0 saturated carbocycles. The lowest BCUT2D eigenvalue weighted by Gasteiger charge is -2.19. The summed E-state index contributed by atoms with van der Waals surface area (Å²) in [7, 11) is 2.94. The third-order valence-corrected chi connectivity index (χ3v) is 3.65. The third kappa shape index (κ3) is 3.64. The molecule has 0 bridgehead atoms. The van der Waals surface area contributed by atoms with Gasteiger partial charge in [0.25, 0.3) is 0 Å². The van der Waals surface area contributed by atoms with Crippen molar-refractivity contribution in [3.8, 4) is 11.5 Å². The highest BCUT2D eigenvalue weighted by atomic mass is 16.6. The molecule has 8 heteroatoms. The van der Waals surface area contributed by atoms with Gasteiger partial charge in [-0.15, -0.1) is 0 Å². The Balaban J connectivity index is 2.31. The van der Waals surface area contributed by atoms with Crippen molar-refractivity contribution in [2.45, 2.75) is 6.92 Å². The first kappa shape index (κ1) is 18.9. The van der Waals surface area contributed by atoms with Gasteiger partial charge in [0.05, 0.1) is 14.2 Å². The van der Waals surface area contributed by atoms with Gasteiger partial charge >= 0.3 is 11.9 Å². The molecule has 136 valence electrons. The standard InChI is InChI=1S/C18H16O8/c1-9(19)14-16(21)15(18(23)26-17(14)22)11(20)6-4-10-5-7-12(24-2)13(8-10)25-3/h4-8,15,21H,1-3H3/b6-4+. The number of aliphatic hydroxyl groups is 1. The number of benzene rings is 1. The minimum atomic E-state index is -1.76. The predicted octanol–water partition coefficient (Wildman–Crippen LogP) is 1.39. The van der Waals surface area contributed by atoms with Crippen LogP contribution in [-0.4, -0.2) is 42.8 Å². The zero-order valence-corrected chi connectivity index (χ0v) is 14.3. The second-order valence-electron chi connectivity index (χ2n) is 5.31. The molecule has 1 aliphatic heterocycles. The van der Waals surface area contributed by atoms with E-state index in [1.54, 1.807) is 18.2 Å². The summed E-state index contributed by atoms with van der Waals surface area (Å²) in [6, 6.07) is 4.87. The molecule has 2 rings (SSSR count). The van der Waals surface area contributed by atoms with E-state index in [2.05, 4.69) is 4.74 Å². The molecule has 8 nitrogen and oxygen atoms in total. The predicted molar refractivity (Wildman–Crippen MR) is 88.5 cm³/mol. The van der Waals surface area contributed by atoms with Crippen LogP contribution < -0.4 is 9.47 Å². The zero-order valence-electron chi connectivity index (χ0n) is 14.3. The van der Waals surface area contributed by atoms with Gasteiger partial charge in [0, 0.05) is 0 Å². The van der Waals surface area contributed by atoms with E-state index >= 15 is 0 Å². The topological polar surface area (TPSA) is 116 Å². The van der Waals surface area contributed by atoms with E-state index in [1.807, 2.05) is 0 Å². The van der Waals surface area contributed by atoms with E-state index in [9.17, 15) is 24.3 Å². The number of hydrogen-bond donors (Lipinski definition) is 1. The fourth-order valence-corrected chi connectivity index (χ4v) is 2.37. The normalized spacial score (nSPS) is 17.3. The van der Waals surface area contributed by atoms with Crippen LogP contribution in [0.5, 0.6) is 11.5 Å². The number of ketones is 2. The summed E-state index contributed by atoms with van der Waals surface area (Å²) < 4.78 is 14.6. The number of allylic oxidation sites excluding steroid dienone is 1. The second kappa shape index (κ2) is 7.64. The average Bonchev–Trinajstić information content (AvgIpc) is 2.58. The summed E-state index contributed by atoms with van der Waals surface area (Å²) in [4.78, 5) is 47.0. The number of cyclic esters (lactones) is 2. The molecule has 26 heavy (non-hydrogen) atoms. The molecule has 1 aromatic carbocycles. The number of rotatable bonds is 6. The van der Waals surface area contributed by atoms with Crippen molar-refractivity contribution in [3.05, 3.63) is 41.2 Å². The SMILES string of the molecule is COc1ccc(/C=C/C(=O)C2C(=O)OC(=O)C(C(C)=O)=C2O)cc1OC. The van der Waals surface area contributed by atoms with E-state index in [0.717, 1.165) is 13.0 Å². The second-order valence-corrected chi connectivity index (χ2v) is 5.31. The zero-order chi connectivity index (χ0) is 19.4. The van der Waals surface area contributed by atoms with Crippen LogP contribution in [0.15, 0.2) is 35.6 Å². The van der Waals surface area contributed by atoms with E-state index in [-0.39, 0.29) is 0 Å². The van der Waals surface area contributed by atoms with Crippen molar-refractivity contribution in [1.82, 2.24) is 0 Å². The highest BCUT2D eigenvalue weighted by Gasteiger charge is 2.42. The number of Topliss-reactive ketones (excluding diaryl/α,β-unsaturated/α-hetero) is 1. The number of hydrogen-bond acceptors (Lipinski definition) is 8. The van der Waals surface area contributed by atoms with Crippen molar-refractivity contribution in [2.75, 3.05) is 14.2 Å². The van der Waals surface area contributed by atoms with Gasteiger partial charge < -0.3 is 19.3 Å². The molecule has 1 heterocycles. The van der Waals surface area contributed by atoms with Crippen LogP contribution in [0.4, 0.5) is 0 Å². The fraction of sp³-hybridized carbons (Fsp3) is 0.222.